The smallest absolute Gasteiger partial charge is 0.306 e. The molecule has 0 fully saturated rings. The van der Waals surface area contributed by atoms with Gasteiger partial charge in [0.05, 0.1) is 25.2 Å². The predicted octanol–water partition coefficient (Wildman–Crippen LogP) is 17.3. The summed E-state index contributed by atoms with van der Waals surface area (Å²) in [4.78, 5) is 26.2. The Balaban J connectivity index is 4.46. The van der Waals surface area contributed by atoms with E-state index in [2.05, 4.69) is 38.2 Å². The van der Waals surface area contributed by atoms with E-state index in [-0.39, 0.29) is 24.9 Å². The first kappa shape index (κ1) is 61.6. The Kier molecular flexibility index (Phi) is 50.4. The van der Waals surface area contributed by atoms with Crippen molar-refractivity contribution in [3.63, 3.8) is 0 Å². The molecule has 0 heterocycles. The number of carbonyl (C=O) groups is 2. The normalized spacial score (nSPS) is 13.2. The number of nitrogens with one attached hydrogen (secondary N) is 1. The average molecular weight is 891 g/mol. The number of esters is 1. The van der Waals surface area contributed by atoms with E-state index in [0.717, 1.165) is 44.9 Å². The minimum Gasteiger partial charge on any atom is -0.462 e. The standard InChI is InChI=1S/C57H111NO5/c1-4-7-10-13-16-19-21-23-25-27-28-29-31-33-35-38-41-44-47-50-57(62)63-53(48-45-42-39-37-34-32-30-26-24-22-20-17-14-11-8-5-2)51-56(61)58-54(52-59)55(60)49-46-43-40-36-18-15-12-9-6-3/h23,25,53-55,59-60H,4-22,24,26-52H2,1-3H3,(H,58,61)/b25-23+. The first-order chi connectivity index (χ1) is 31.0. The minimum atomic E-state index is -0.781. The van der Waals surface area contributed by atoms with Gasteiger partial charge in [0.1, 0.15) is 6.10 Å². The zero-order valence-corrected chi connectivity index (χ0v) is 42.7. The Bertz CT molecular complexity index is 955. The number of carbonyl (C=O) groups excluding carboxylic acids is 2. The van der Waals surface area contributed by atoms with E-state index in [1.165, 1.54) is 225 Å². The highest BCUT2D eigenvalue weighted by Gasteiger charge is 2.24. The SMILES string of the molecule is CCCCCCCC/C=C/CCCCCCCCCCCC(=O)OC(CCCCCCCCCCCCCCCCCC)CC(=O)NC(CO)C(O)CCCCCCCCCCC. The van der Waals surface area contributed by atoms with E-state index in [0.29, 0.717) is 19.3 Å². The molecule has 0 aromatic rings. The molecule has 6 nitrogen and oxygen atoms in total. The van der Waals surface area contributed by atoms with Crippen molar-refractivity contribution in [2.45, 2.75) is 334 Å². The number of amides is 1. The lowest BCUT2D eigenvalue weighted by atomic mass is 10.0. The highest BCUT2D eigenvalue weighted by atomic mass is 16.5. The highest BCUT2D eigenvalue weighted by molar-refractivity contribution is 5.77. The van der Waals surface area contributed by atoms with Crippen molar-refractivity contribution >= 4 is 11.9 Å². The van der Waals surface area contributed by atoms with Crippen molar-refractivity contribution < 1.29 is 24.5 Å². The lowest BCUT2D eigenvalue weighted by Gasteiger charge is -2.24. The lowest BCUT2D eigenvalue weighted by Crippen LogP contribution is -2.46. The third kappa shape index (κ3) is 46.9. The Labute approximate surface area is 393 Å². The summed E-state index contributed by atoms with van der Waals surface area (Å²) in [6.45, 7) is 6.50. The van der Waals surface area contributed by atoms with Gasteiger partial charge >= 0.3 is 5.97 Å². The second-order valence-electron chi connectivity index (χ2n) is 19.7. The van der Waals surface area contributed by atoms with E-state index < -0.39 is 18.2 Å². The molecule has 0 radical (unpaired) electrons. The van der Waals surface area contributed by atoms with Crippen LogP contribution in [0.15, 0.2) is 12.2 Å². The molecule has 1 amide bonds. The van der Waals surface area contributed by atoms with Crippen LogP contribution < -0.4 is 5.32 Å². The third-order valence-electron chi connectivity index (χ3n) is 13.3. The summed E-state index contributed by atoms with van der Waals surface area (Å²) in [6, 6.07) is -0.694. The van der Waals surface area contributed by atoms with Gasteiger partial charge in [0.15, 0.2) is 0 Å². The zero-order chi connectivity index (χ0) is 45.9. The van der Waals surface area contributed by atoms with Gasteiger partial charge in [0, 0.05) is 6.42 Å². The van der Waals surface area contributed by atoms with E-state index in [1.54, 1.807) is 0 Å². The van der Waals surface area contributed by atoms with Gasteiger partial charge in [-0.05, 0) is 51.4 Å². The molecule has 0 saturated heterocycles. The zero-order valence-electron chi connectivity index (χ0n) is 42.7. The van der Waals surface area contributed by atoms with Crippen LogP contribution in [0.3, 0.4) is 0 Å². The van der Waals surface area contributed by atoms with Crippen molar-refractivity contribution in [2.24, 2.45) is 0 Å². The van der Waals surface area contributed by atoms with Gasteiger partial charge < -0.3 is 20.3 Å². The van der Waals surface area contributed by atoms with Gasteiger partial charge in [-0.25, -0.2) is 0 Å². The van der Waals surface area contributed by atoms with Crippen molar-refractivity contribution in [3.8, 4) is 0 Å². The molecule has 0 aliphatic carbocycles. The summed E-state index contributed by atoms with van der Waals surface area (Å²) in [5.74, 6) is -0.455. The van der Waals surface area contributed by atoms with Crippen LogP contribution in [-0.4, -0.2) is 46.9 Å². The summed E-state index contributed by atoms with van der Waals surface area (Å²) < 4.78 is 5.96. The molecular weight excluding hydrogens is 779 g/mol. The molecule has 374 valence electrons. The van der Waals surface area contributed by atoms with E-state index in [9.17, 15) is 19.8 Å². The number of hydrogen-bond acceptors (Lipinski definition) is 5. The minimum absolute atomic E-state index is 0.0845. The molecule has 0 saturated carbocycles. The summed E-state index contributed by atoms with van der Waals surface area (Å²) in [5.41, 5.74) is 0. The number of allylic oxidation sites excluding steroid dienone is 2. The summed E-state index contributed by atoms with van der Waals surface area (Å²) in [7, 11) is 0. The van der Waals surface area contributed by atoms with Crippen LogP contribution in [0.25, 0.3) is 0 Å². The second kappa shape index (κ2) is 51.6. The fourth-order valence-electron chi connectivity index (χ4n) is 9.02. The fraction of sp³-hybridized carbons (Fsp3) is 0.930. The van der Waals surface area contributed by atoms with Crippen molar-refractivity contribution in [1.82, 2.24) is 5.32 Å². The largest absolute Gasteiger partial charge is 0.462 e. The first-order valence-corrected chi connectivity index (χ1v) is 28.4. The maximum absolute atomic E-state index is 13.2. The summed E-state index contributed by atoms with van der Waals surface area (Å²) in [6.07, 6.45) is 58.6. The van der Waals surface area contributed by atoms with Crippen molar-refractivity contribution in [2.75, 3.05) is 6.61 Å². The number of rotatable bonds is 52. The Morgan fingerprint density at radius 2 is 0.762 bits per heavy atom. The maximum atomic E-state index is 13.2. The van der Waals surface area contributed by atoms with Crippen LogP contribution in [-0.2, 0) is 14.3 Å². The highest BCUT2D eigenvalue weighted by Crippen LogP contribution is 2.19. The Hall–Kier alpha value is -1.40. The van der Waals surface area contributed by atoms with Crippen LogP contribution in [0.2, 0.25) is 0 Å². The van der Waals surface area contributed by atoms with Gasteiger partial charge in [-0.2, -0.15) is 0 Å². The average Bonchev–Trinajstić information content (AvgIpc) is 3.28. The van der Waals surface area contributed by atoms with Gasteiger partial charge in [0.25, 0.3) is 0 Å². The molecule has 0 aromatic carbocycles. The summed E-state index contributed by atoms with van der Waals surface area (Å²) in [5, 5.41) is 23.8. The Morgan fingerprint density at radius 3 is 1.13 bits per heavy atom. The molecule has 0 aromatic heterocycles. The third-order valence-corrected chi connectivity index (χ3v) is 13.3. The van der Waals surface area contributed by atoms with Gasteiger partial charge in [-0.3, -0.25) is 9.59 Å². The van der Waals surface area contributed by atoms with Crippen LogP contribution in [0.1, 0.15) is 316 Å². The molecule has 3 unspecified atom stereocenters. The first-order valence-electron chi connectivity index (χ1n) is 28.4. The Morgan fingerprint density at radius 1 is 0.444 bits per heavy atom. The second-order valence-corrected chi connectivity index (χ2v) is 19.7. The molecule has 0 rings (SSSR count). The monoisotopic (exact) mass is 890 g/mol. The number of ether oxygens (including phenoxy) is 1. The number of aliphatic hydroxyl groups is 2. The van der Waals surface area contributed by atoms with Gasteiger partial charge in [-0.15, -0.1) is 0 Å². The molecule has 0 aliphatic heterocycles. The predicted molar refractivity (Wildman–Crippen MR) is 273 cm³/mol. The van der Waals surface area contributed by atoms with Crippen molar-refractivity contribution in [3.05, 3.63) is 12.2 Å². The molecule has 6 heteroatoms. The molecule has 63 heavy (non-hydrogen) atoms. The quantitative estimate of drug-likeness (QED) is 0.0321. The molecule has 3 atom stereocenters. The number of aliphatic hydroxyl groups excluding tert-OH is 2. The lowest BCUT2D eigenvalue weighted by molar-refractivity contribution is -0.151. The van der Waals surface area contributed by atoms with Crippen LogP contribution in [0.4, 0.5) is 0 Å². The fourth-order valence-corrected chi connectivity index (χ4v) is 9.02. The summed E-state index contributed by atoms with van der Waals surface area (Å²) >= 11 is 0. The molecule has 0 aliphatic rings. The van der Waals surface area contributed by atoms with E-state index in [4.69, 9.17) is 4.74 Å². The van der Waals surface area contributed by atoms with E-state index >= 15 is 0 Å². The van der Waals surface area contributed by atoms with Crippen molar-refractivity contribution in [1.29, 1.82) is 0 Å². The molecular formula is C57H111NO5. The van der Waals surface area contributed by atoms with Crippen LogP contribution in [0.5, 0.6) is 0 Å². The molecule has 0 spiro atoms. The number of hydrogen-bond donors (Lipinski definition) is 3. The van der Waals surface area contributed by atoms with E-state index in [1.807, 2.05) is 0 Å². The number of unbranched alkanes of at least 4 members (excludes halogenated alkanes) is 38. The topological polar surface area (TPSA) is 95.9 Å². The molecule has 0 bridgehead atoms. The van der Waals surface area contributed by atoms with Crippen LogP contribution in [0, 0.1) is 0 Å². The van der Waals surface area contributed by atoms with Gasteiger partial charge in [-0.1, -0.05) is 264 Å². The van der Waals surface area contributed by atoms with Gasteiger partial charge in [0.2, 0.25) is 5.91 Å². The van der Waals surface area contributed by atoms with Crippen LogP contribution >= 0.6 is 0 Å². The maximum Gasteiger partial charge on any atom is 0.306 e. The molecule has 3 N–H and O–H groups in total.